The molecule has 1 unspecified atom stereocenters. The van der Waals surface area contributed by atoms with Crippen LogP contribution in [0.3, 0.4) is 0 Å². The maximum Gasteiger partial charge on any atom is 0.425 e. The number of rotatable bonds is 7. The zero-order chi connectivity index (χ0) is 29.3. The minimum Gasteiger partial charge on any atom is -0.388 e. The van der Waals surface area contributed by atoms with Crippen LogP contribution in [0.5, 0.6) is 5.88 Å². The van der Waals surface area contributed by atoms with Crippen LogP contribution in [0.25, 0.3) is 11.2 Å². The topological polar surface area (TPSA) is 132 Å². The highest BCUT2D eigenvalue weighted by atomic mass is 16.6. The number of fused-ring (bicyclic) bond motifs is 1. The minimum absolute atomic E-state index is 0.0623. The Morgan fingerprint density at radius 2 is 1.61 bits per heavy atom. The fraction of sp³-hybridized carbons (Fsp3) is 0.367. The Balaban J connectivity index is 1.57. The van der Waals surface area contributed by atoms with E-state index < -0.39 is 18.4 Å². The summed E-state index contributed by atoms with van der Waals surface area (Å²) in [6, 6.07) is 18.1. The summed E-state index contributed by atoms with van der Waals surface area (Å²) in [5.74, 6) is -0.822. The lowest BCUT2D eigenvalue weighted by Crippen LogP contribution is -2.29. The van der Waals surface area contributed by atoms with Gasteiger partial charge in [0.05, 0.1) is 23.8 Å². The van der Waals surface area contributed by atoms with Crippen molar-refractivity contribution in [1.82, 2.24) is 19.5 Å². The highest BCUT2D eigenvalue weighted by Crippen LogP contribution is 2.39. The molecule has 1 aliphatic heterocycles. The van der Waals surface area contributed by atoms with E-state index in [-0.39, 0.29) is 52.8 Å². The van der Waals surface area contributed by atoms with E-state index in [0.717, 1.165) is 0 Å². The van der Waals surface area contributed by atoms with Crippen LogP contribution in [-0.2, 0) is 9.53 Å². The van der Waals surface area contributed by atoms with Crippen LogP contribution in [0.4, 0.5) is 22.1 Å². The molecule has 2 aromatic carbocycles. The highest BCUT2D eigenvalue weighted by Gasteiger charge is 2.44. The van der Waals surface area contributed by atoms with Crippen molar-refractivity contribution in [3.8, 4) is 5.88 Å². The van der Waals surface area contributed by atoms with Gasteiger partial charge >= 0.3 is 6.09 Å². The Morgan fingerprint density at radius 3 is 2.15 bits per heavy atom. The lowest BCUT2D eigenvalue weighted by molar-refractivity contribution is -0.118. The van der Waals surface area contributed by atoms with E-state index in [2.05, 4.69) is 20.3 Å². The summed E-state index contributed by atoms with van der Waals surface area (Å²) >= 11 is 0. The molecule has 41 heavy (non-hydrogen) atoms. The molecule has 0 spiro atoms. The van der Waals surface area contributed by atoms with Gasteiger partial charge in [-0.15, -0.1) is 0 Å². The minimum atomic E-state index is -0.832. The summed E-state index contributed by atoms with van der Waals surface area (Å²) in [7, 11) is 0. The first-order chi connectivity index (χ1) is 19.7. The van der Waals surface area contributed by atoms with Crippen LogP contribution < -0.4 is 15.0 Å². The van der Waals surface area contributed by atoms with Crippen molar-refractivity contribution >= 4 is 40.5 Å². The normalized spacial score (nSPS) is 20.5. The maximum absolute atomic E-state index is 13.7. The largest absolute Gasteiger partial charge is 0.425 e. The molecule has 1 aliphatic rings. The van der Waals surface area contributed by atoms with E-state index in [1.807, 2.05) is 57.2 Å². The Labute approximate surface area is 238 Å². The van der Waals surface area contributed by atoms with Gasteiger partial charge in [-0.1, -0.05) is 71.0 Å². The lowest BCUT2D eigenvalue weighted by atomic mass is 9.93. The molecule has 2 aromatic heterocycles. The summed E-state index contributed by atoms with van der Waals surface area (Å²) in [5, 5.41) is 13.7. The molecule has 4 atom stereocenters. The number of nitrogens with one attached hydrogen (secondary N) is 1. The van der Waals surface area contributed by atoms with Gasteiger partial charge in [-0.05, 0) is 30.2 Å². The van der Waals surface area contributed by atoms with Crippen molar-refractivity contribution in [2.75, 3.05) is 10.2 Å². The van der Waals surface area contributed by atoms with Gasteiger partial charge in [-0.2, -0.15) is 9.97 Å². The second-order valence-corrected chi connectivity index (χ2v) is 10.8. The zero-order valence-corrected chi connectivity index (χ0v) is 23.6. The van der Waals surface area contributed by atoms with Crippen molar-refractivity contribution in [2.45, 2.75) is 53.1 Å². The Kier molecular flexibility index (Phi) is 8.00. The quantitative estimate of drug-likeness (QED) is 0.312. The number of imidazole rings is 1. The SMILES string of the molecule is CC(C)C(=O)Nc1nc(OC(=O)N(c2ccccc2)c2ccccc2)c2ncn([C@@H]3O[C@H](C(C)C)C(C)[C@@H]3O)c2n1. The van der Waals surface area contributed by atoms with Crippen molar-refractivity contribution in [3.63, 3.8) is 0 Å². The van der Waals surface area contributed by atoms with Crippen LogP contribution in [0, 0.1) is 17.8 Å². The Bertz CT molecular complexity index is 1490. The number of hydrogen-bond acceptors (Lipinski definition) is 8. The molecule has 2 amide bonds. The molecule has 11 nitrogen and oxygen atoms in total. The first kappa shape index (κ1) is 28.2. The summed E-state index contributed by atoms with van der Waals surface area (Å²) in [6.07, 6.45) is -1.05. The molecule has 0 radical (unpaired) electrons. The smallest absolute Gasteiger partial charge is 0.388 e. The average molecular weight is 559 g/mol. The van der Waals surface area contributed by atoms with Gasteiger partial charge in [0, 0.05) is 11.8 Å². The molecule has 0 saturated carbocycles. The number of aliphatic hydroxyl groups excluding tert-OH is 1. The average Bonchev–Trinajstić information content (AvgIpc) is 3.50. The van der Waals surface area contributed by atoms with E-state index >= 15 is 0 Å². The molecule has 3 heterocycles. The van der Waals surface area contributed by atoms with E-state index in [1.54, 1.807) is 42.7 Å². The number of aromatic nitrogens is 4. The van der Waals surface area contributed by atoms with Gasteiger partial charge in [0.2, 0.25) is 11.9 Å². The van der Waals surface area contributed by atoms with Crippen molar-refractivity contribution in [1.29, 1.82) is 0 Å². The van der Waals surface area contributed by atoms with Crippen LogP contribution >= 0.6 is 0 Å². The monoisotopic (exact) mass is 558 g/mol. The number of hydrogen-bond donors (Lipinski definition) is 2. The molecule has 5 rings (SSSR count). The molecular formula is C30H34N6O5. The van der Waals surface area contributed by atoms with Gasteiger partial charge in [0.1, 0.15) is 6.10 Å². The summed E-state index contributed by atoms with van der Waals surface area (Å²) in [5.41, 5.74) is 1.60. The van der Waals surface area contributed by atoms with E-state index in [4.69, 9.17) is 9.47 Å². The molecule has 1 fully saturated rings. The zero-order valence-electron chi connectivity index (χ0n) is 23.6. The second kappa shape index (κ2) is 11.6. The number of para-hydroxylation sites is 2. The van der Waals surface area contributed by atoms with Gasteiger partial charge < -0.3 is 14.6 Å². The molecule has 0 bridgehead atoms. The predicted octanol–water partition coefficient (Wildman–Crippen LogP) is 5.31. The van der Waals surface area contributed by atoms with E-state index in [1.165, 1.54) is 11.2 Å². The number of nitrogens with zero attached hydrogens (tertiary/aromatic N) is 5. The third-order valence-electron chi connectivity index (χ3n) is 7.12. The van der Waals surface area contributed by atoms with Gasteiger partial charge in [0.25, 0.3) is 5.88 Å². The van der Waals surface area contributed by atoms with Gasteiger partial charge in [-0.25, -0.2) is 14.7 Å². The number of carbonyl (C=O) groups excluding carboxylic acids is 2. The van der Waals surface area contributed by atoms with Crippen LogP contribution in [0.1, 0.15) is 40.8 Å². The van der Waals surface area contributed by atoms with Crippen molar-refractivity contribution in [3.05, 3.63) is 67.0 Å². The van der Waals surface area contributed by atoms with Crippen LogP contribution in [0.15, 0.2) is 67.0 Å². The van der Waals surface area contributed by atoms with E-state index in [0.29, 0.717) is 11.4 Å². The maximum atomic E-state index is 13.7. The molecule has 11 heteroatoms. The van der Waals surface area contributed by atoms with Crippen molar-refractivity contribution < 1.29 is 24.2 Å². The van der Waals surface area contributed by atoms with Crippen LogP contribution in [-0.4, -0.2) is 48.8 Å². The summed E-state index contributed by atoms with van der Waals surface area (Å²) in [4.78, 5) is 41.0. The van der Waals surface area contributed by atoms with E-state index in [9.17, 15) is 14.7 Å². The number of carbonyl (C=O) groups is 2. The van der Waals surface area contributed by atoms with Gasteiger partial charge in [-0.3, -0.25) is 14.7 Å². The Morgan fingerprint density at radius 1 is 1.00 bits per heavy atom. The number of amides is 2. The molecule has 4 aromatic rings. The molecule has 214 valence electrons. The molecule has 0 aliphatic carbocycles. The van der Waals surface area contributed by atoms with Gasteiger partial charge in [0.15, 0.2) is 17.4 Å². The summed E-state index contributed by atoms with van der Waals surface area (Å²) < 4.78 is 13.7. The third-order valence-corrected chi connectivity index (χ3v) is 7.12. The highest BCUT2D eigenvalue weighted by molar-refractivity contribution is 5.98. The number of benzene rings is 2. The Hall–Kier alpha value is -4.35. The van der Waals surface area contributed by atoms with Crippen LogP contribution in [0.2, 0.25) is 0 Å². The number of anilines is 3. The fourth-order valence-electron chi connectivity index (χ4n) is 4.91. The molecule has 1 saturated heterocycles. The van der Waals surface area contributed by atoms with Crippen molar-refractivity contribution in [2.24, 2.45) is 17.8 Å². The number of ether oxygens (including phenoxy) is 2. The second-order valence-electron chi connectivity index (χ2n) is 10.8. The lowest BCUT2D eigenvalue weighted by Gasteiger charge is -2.22. The third kappa shape index (κ3) is 5.63. The predicted molar refractivity (Wildman–Crippen MR) is 154 cm³/mol. The standard InChI is InChI=1S/C30H34N6O5/c1-17(2)24-19(5)23(37)28(40-24)35-16-31-22-25(35)32-29(33-26(38)18(3)4)34-27(22)41-30(39)36(20-12-8-6-9-13-20)21-14-10-7-11-15-21/h6-19,23-24,28,37H,1-5H3,(H,32,33,34,38)/t19?,23-,24+,28+/m0/s1. The fourth-order valence-corrected chi connectivity index (χ4v) is 4.91. The molecular weight excluding hydrogens is 524 g/mol. The number of aliphatic hydroxyl groups is 1. The first-order valence-electron chi connectivity index (χ1n) is 13.7. The summed E-state index contributed by atoms with van der Waals surface area (Å²) in [6.45, 7) is 9.49. The molecule has 2 N–H and O–H groups in total. The first-order valence-corrected chi connectivity index (χ1v) is 13.7.